The fourth-order valence-electron chi connectivity index (χ4n) is 2.06. The van der Waals surface area contributed by atoms with Gasteiger partial charge in [0.25, 0.3) is 10.8 Å². The second-order valence-corrected chi connectivity index (χ2v) is 6.41. The summed E-state index contributed by atoms with van der Waals surface area (Å²) in [7, 11) is 3.06. The number of hydrogen-bond donors (Lipinski definition) is 0. The zero-order chi connectivity index (χ0) is 17.3. The third-order valence-corrected chi connectivity index (χ3v) is 4.53. The van der Waals surface area contributed by atoms with Crippen LogP contribution in [0.3, 0.4) is 0 Å². The number of hydrogen-bond acceptors (Lipinski definition) is 6. The minimum absolute atomic E-state index is 0.345. The highest BCUT2D eigenvalue weighted by Gasteiger charge is 2.12. The molecule has 0 radical (unpaired) electrons. The van der Waals surface area contributed by atoms with Gasteiger partial charge in [-0.05, 0) is 18.2 Å². The monoisotopic (exact) mass is 364 g/mol. The van der Waals surface area contributed by atoms with Gasteiger partial charge < -0.3 is 4.42 Å². The van der Waals surface area contributed by atoms with Crippen molar-refractivity contribution < 1.29 is 4.42 Å². The lowest BCUT2D eigenvalue weighted by Gasteiger charge is -2.07. The Morgan fingerprint density at radius 3 is 2.71 bits per heavy atom. The maximum Gasteiger partial charge on any atom is 0.330 e. The maximum absolute atomic E-state index is 11.9. The molecule has 0 bridgehead atoms. The second-order valence-electron chi connectivity index (χ2n) is 5.05. The zero-order valence-electron chi connectivity index (χ0n) is 12.9. The van der Waals surface area contributed by atoms with Crippen LogP contribution in [0.4, 0.5) is 0 Å². The van der Waals surface area contributed by atoms with E-state index in [9.17, 15) is 9.59 Å². The predicted octanol–water partition coefficient (Wildman–Crippen LogP) is 2.08. The summed E-state index contributed by atoms with van der Waals surface area (Å²) in [6, 6.07) is 8.52. The van der Waals surface area contributed by atoms with Gasteiger partial charge in [-0.1, -0.05) is 29.4 Å². The van der Waals surface area contributed by atoms with Crippen LogP contribution in [0.5, 0.6) is 0 Å². The maximum atomic E-state index is 11.9. The number of thioether (sulfide) groups is 1. The molecular weight excluding hydrogens is 352 g/mol. The topological polar surface area (TPSA) is 82.9 Å². The van der Waals surface area contributed by atoms with Crippen molar-refractivity contribution >= 4 is 23.4 Å². The van der Waals surface area contributed by atoms with Crippen LogP contribution in [0.15, 0.2) is 49.6 Å². The molecule has 0 atom stereocenters. The van der Waals surface area contributed by atoms with E-state index in [-0.39, 0.29) is 11.2 Å². The van der Waals surface area contributed by atoms with Crippen molar-refractivity contribution in [3.8, 4) is 11.5 Å². The molecule has 0 spiro atoms. The molecule has 0 N–H and O–H groups in total. The lowest BCUT2D eigenvalue weighted by atomic mass is 10.2. The molecule has 3 rings (SSSR count). The minimum atomic E-state index is -0.372. The van der Waals surface area contributed by atoms with Crippen molar-refractivity contribution in [2.45, 2.75) is 11.0 Å². The van der Waals surface area contributed by atoms with Crippen LogP contribution in [0, 0.1) is 0 Å². The third-order valence-electron chi connectivity index (χ3n) is 3.45. The van der Waals surface area contributed by atoms with Gasteiger partial charge in [0.15, 0.2) is 0 Å². The summed E-state index contributed by atoms with van der Waals surface area (Å²) in [5.41, 5.74) is 0.584. The fraction of sp³-hybridized carbons (Fsp3) is 0.200. The first-order valence-electron chi connectivity index (χ1n) is 6.94. The standard InChI is InChI=1S/C15H13ClN4O3S/c1-19-11(7-12(21)20(2)15(19)22)8-24-14-18-17-13(23-14)9-4-3-5-10(16)6-9/h3-7H,8H2,1-2H3. The van der Waals surface area contributed by atoms with Crippen LogP contribution >= 0.6 is 23.4 Å². The Labute approximate surface area is 145 Å². The lowest BCUT2D eigenvalue weighted by Crippen LogP contribution is -2.37. The highest BCUT2D eigenvalue weighted by atomic mass is 35.5. The average molecular weight is 365 g/mol. The van der Waals surface area contributed by atoms with E-state index in [0.717, 1.165) is 10.1 Å². The molecule has 0 amide bonds. The van der Waals surface area contributed by atoms with Crippen molar-refractivity contribution in [2.24, 2.45) is 14.1 Å². The number of aromatic nitrogens is 4. The number of halogens is 1. The Kier molecular flexibility index (Phi) is 4.59. The average Bonchev–Trinajstić information content (AvgIpc) is 3.04. The van der Waals surface area contributed by atoms with Crippen molar-refractivity contribution in [1.82, 2.24) is 19.3 Å². The van der Waals surface area contributed by atoms with Gasteiger partial charge in [-0.25, -0.2) is 4.79 Å². The highest BCUT2D eigenvalue weighted by Crippen LogP contribution is 2.26. The summed E-state index contributed by atoms with van der Waals surface area (Å²) in [5.74, 6) is 0.719. The SMILES string of the molecule is Cn1c(CSc2nnc(-c3cccc(Cl)c3)o2)cc(=O)n(C)c1=O. The Hall–Kier alpha value is -2.32. The highest BCUT2D eigenvalue weighted by molar-refractivity contribution is 7.98. The smallest absolute Gasteiger partial charge is 0.330 e. The molecule has 3 aromatic rings. The first-order chi connectivity index (χ1) is 11.5. The molecule has 0 aliphatic rings. The molecule has 0 saturated heterocycles. The van der Waals surface area contributed by atoms with Crippen molar-refractivity contribution in [1.29, 1.82) is 0 Å². The van der Waals surface area contributed by atoms with Crippen LogP contribution in [-0.4, -0.2) is 19.3 Å². The van der Waals surface area contributed by atoms with Crippen molar-refractivity contribution in [3.05, 3.63) is 61.9 Å². The van der Waals surface area contributed by atoms with E-state index in [1.807, 2.05) is 6.07 Å². The molecule has 0 aliphatic carbocycles. The molecule has 0 aliphatic heterocycles. The van der Waals surface area contributed by atoms with Gasteiger partial charge in [0, 0.05) is 42.2 Å². The summed E-state index contributed by atoms with van der Waals surface area (Å²) < 4.78 is 8.05. The van der Waals surface area contributed by atoms with Crippen molar-refractivity contribution in [2.75, 3.05) is 0 Å². The number of nitrogens with zero attached hydrogens (tertiary/aromatic N) is 4. The molecule has 2 aromatic heterocycles. The Morgan fingerprint density at radius 1 is 1.17 bits per heavy atom. The van der Waals surface area contributed by atoms with E-state index >= 15 is 0 Å². The third kappa shape index (κ3) is 3.29. The molecule has 0 saturated carbocycles. The van der Waals surface area contributed by atoms with E-state index < -0.39 is 0 Å². The van der Waals surface area contributed by atoms with Crippen molar-refractivity contribution in [3.63, 3.8) is 0 Å². The van der Waals surface area contributed by atoms with Gasteiger partial charge in [0.2, 0.25) is 5.89 Å². The first kappa shape index (κ1) is 16.5. The molecule has 2 heterocycles. The van der Waals surface area contributed by atoms with Gasteiger partial charge in [0.1, 0.15) is 0 Å². The summed E-state index contributed by atoms with van der Waals surface area (Å²) in [6.07, 6.45) is 0. The summed E-state index contributed by atoms with van der Waals surface area (Å²) in [5, 5.41) is 8.87. The van der Waals surface area contributed by atoms with Crippen LogP contribution < -0.4 is 11.2 Å². The summed E-state index contributed by atoms with van der Waals surface area (Å²) in [6.45, 7) is 0. The number of rotatable bonds is 4. The van der Waals surface area contributed by atoms with Gasteiger partial charge >= 0.3 is 5.69 Å². The Balaban J connectivity index is 1.79. The Bertz CT molecular complexity index is 1010. The van der Waals surface area contributed by atoms with Crippen LogP contribution in [0.2, 0.25) is 5.02 Å². The van der Waals surface area contributed by atoms with Gasteiger partial charge in [0.05, 0.1) is 0 Å². The van der Waals surface area contributed by atoms with E-state index in [4.69, 9.17) is 16.0 Å². The zero-order valence-corrected chi connectivity index (χ0v) is 14.5. The Morgan fingerprint density at radius 2 is 1.96 bits per heavy atom. The van der Waals surface area contributed by atoms with Crippen LogP contribution in [0.25, 0.3) is 11.5 Å². The quantitative estimate of drug-likeness (QED) is 0.659. The van der Waals surface area contributed by atoms with E-state index in [2.05, 4.69) is 10.2 Å². The molecule has 7 nitrogen and oxygen atoms in total. The predicted molar refractivity (Wildman–Crippen MR) is 91.2 cm³/mol. The van der Waals surface area contributed by atoms with Gasteiger partial charge in [-0.2, -0.15) is 0 Å². The lowest BCUT2D eigenvalue weighted by molar-refractivity contribution is 0.465. The largest absolute Gasteiger partial charge is 0.411 e. The van der Waals surface area contributed by atoms with E-state index in [1.165, 1.54) is 29.4 Å². The molecular formula is C15H13ClN4O3S. The molecule has 0 fully saturated rings. The molecule has 0 unspecified atom stereocenters. The molecule has 24 heavy (non-hydrogen) atoms. The minimum Gasteiger partial charge on any atom is -0.411 e. The first-order valence-corrected chi connectivity index (χ1v) is 8.30. The fourth-order valence-corrected chi connectivity index (χ4v) is 3.03. The van der Waals surface area contributed by atoms with E-state index in [0.29, 0.717) is 27.6 Å². The summed E-state index contributed by atoms with van der Waals surface area (Å²) in [4.78, 5) is 23.6. The van der Waals surface area contributed by atoms with Gasteiger partial charge in [-0.3, -0.25) is 13.9 Å². The van der Waals surface area contributed by atoms with Crippen LogP contribution in [-0.2, 0) is 19.8 Å². The summed E-state index contributed by atoms with van der Waals surface area (Å²) >= 11 is 7.19. The second kappa shape index (κ2) is 6.66. The molecule has 1 aromatic carbocycles. The van der Waals surface area contributed by atoms with E-state index in [1.54, 1.807) is 25.2 Å². The van der Waals surface area contributed by atoms with Crippen LogP contribution in [0.1, 0.15) is 5.69 Å². The van der Waals surface area contributed by atoms with Gasteiger partial charge in [-0.15, -0.1) is 10.2 Å². The molecule has 9 heteroatoms. The normalized spacial score (nSPS) is 11.0. The number of benzene rings is 1. The molecule has 124 valence electrons.